The third-order valence-electron chi connectivity index (χ3n) is 17.6. The maximum absolute atomic E-state index is 2.76. The van der Waals surface area contributed by atoms with E-state index in [0.29, 0.717) is 0 Å². The normalized spacial score (nSPS) is 21.9. The van der Waals surface area contributed by atoms with Crippen molar-refractivity contribution in [3.05, 3.63) is 163 Å². The van der Waals surface area contributed by atoms with Crippen LogP contribution in [-0.4, -0.2) is 0 Å². The lowest BCUT2D eigenvalue weighted by molar-refractivity contribution is 0.536. The van der Waals surface area contributed by atoms with Gasteiger partial charge in [0.2, 0.25) is 0 Å². The molecule has 6 aromatic carbocycles. The molecule has 7 aliphatic rings. The highest BCUT2D eigenvalue weighted by atomic mass is 15.2. The van der Waals surface area contributed by atoms with Gasteiger partial charge in [-0.3, -0.25) is 0 Å². The molecule has 6 heterocycles. The fourth-order valence-corrected chi connectivity index (χ4v) is 14.5. The van der Waals surface area contributed by atoms with Gasteiger partial charge in [-0.25, -0.2) is 0 Å². The van der Waals surface area contributed by atoms with Crippen LogP contribution in [0.15, 0.2) is 84.9 Å². The van der Waals surface area contributed by atoms with Crippen LogP contribution >= 0.6 is 0 Å². The van der Waals surface area contributed by atoms with Crippen LogP contribution in [0.2, 0.25) is 0 Å². The molecule has 0 amide bonds. The van der Waals surface area contributed by atoms with E-state index in [1.807, 2.05) is 0 Å². The van der Waals surface area contributed by atoms with E-state index in [-0.39, 0.29) is 37.9 Å². The van der Waals surface area contributed by atoms with Crippen LogP contribution < -0.4 is 9.80 Å². The molecule has 0 aromatic heterocycles. The van der Waals surface area contributed by atoms with Crippen molar-refractivity contribution < 1.29 is 0 Å². The molecule has 0 radical (unpaired) electrons. The molecule has 294 valence electrons. The largest absolute Gasteiger partial charge is 0.309 e. The Labute approximate surface area is 351 Å². The van der Waals surface area contributed by atoms with Crippen molar-refractivity contribution in [2.24, 2.45) is 0 Å². The van der Waals surface area contributed by atoms with Gasteiger partial charge in [0.1, 0.15) is 0 Å². The monoisotopic (exact) mass is 768 g/mol. The minimum absolute atomic E-state index is 0.113. The molecule has 0 atom stereocenters. The van der Waals surface area contributed by atoms with E-state index in [2.05, 4.69) is 192 Å². The molecule has 1 aliphatic carbocycles. The maximum Gasteiger partial charge on any atom is 0.0547 e. The number of hydrogen-bond acceptors (Lipinski definition) is 2. The van der Waals surface area contributed by atoms with Crippen LogP contribution in [0.4, 0.5) is 34.1 Å². The highest BCUT2D eigenvalue weighted by molar-refractivity contribution is 6.05. The topological polar surface area (TPSA) is 6.48 Å². The Bertz CT molecular complexity index is 2830. The molecular formula is C57H56N2. The second-order valence-corrected chi connectivity index (χ2v) is 23.0. The Morgan fingerprint density at radius 3 is 0.763 bits per heavy atom. The number of fused-ring (bicyclic) bond motifs is 5. The molecule has 0 N–H and O–H groups in total. The predicted octanol–water partition coefficient (Wildman–Crippen LogP) is 14.8. The third-order valence-corrected chi connectivity index (χ3v) is 17.6. The first-order valence-corrected chi connectivity index (χ1v) is 22.2. The number of rotatable bonds is 0. The summed E-state index contributed by atoms with van der Waals surface area (Å²) in [7, 11) is 0. The van der Waals surface area contributed by atoms with Crippen LogP contribution in [0, 0.1) is 0 Å². The molecule has 13 rings (SSSR count). The number of para-hydroxylation sites is 4. The Balaban J connectivity index is 1.20. The molecule has 0 saturated carbocycles. The van der Waals surface area contributed by atoms with E-state index in [9.17, 15) is 0 Å². The SMILES string of the molecule is CC1(C)c2cccc3c2N2c4c1cccc4C(C)(C)c1c2c(cc2c1C(C)(C)c1c-2cc2c4c1C(C)(C)c1cccc5c1N4c1c(cccc1C2(C)C)C5(C)C)C3(C)C. The van der Waals surface area contributed by atoms with Gasteiger partial charge in [0, 0.05) is 37.9 Å². The average molecular weight is 769 g/mol. The van der Waals surface area contributed by atoms with Crippen molar-refractivity contribution in [2.45, 2.75) is 135 Å². The van der Waals surface area contributed by atoms with Crippen molar-refractivity contribution in [2.75, 3.05) is 9.80 Å². The number of nitrogens with zero attached hydrogens (tertiary/aromatic N) is 2. The zero-order valence-corrected chi connectivity index (χ0v) is 37.5. The smallest absolute Gasteiger partial charge is 0.0547 e. The fourth-order valence-electron chi connectivity index (χ4n) is 14.5. The summed E-state index contributed by atoms with van der Waals surface area (Å²) in [5, 5.41) is 0. The summed E-state index contributed by atoms with van der Waals surface area (Å²) < 4.78 is 0. The maximum atomic E-state index is 2.76. The number of hydrogen-bond donors (Lipinski definition) is 0. The van der Waals surface area contributed by atoms with Gasteiger partial charge in [0.15, 0.2) is 0 Å². The molecule has 2 heteroatoms. The summed E-state index contributed by atoms with van der Waals surface area (Å²) in [6.45, 7) is 35.1. The standard InChI is InChI=1S/C57H56N2/c1-51(2)31-19-15-23-35-45(31)58-47-33(51)21-17-25-37(47)55(9,10)43-41-29(27-39(49(43)58)53(35,5)6)30-28-40-50-44(42(30)57(41,13)14)56(11,12)38-26-18-22-34-48(38)59(50)46-32(52(34,3)4)20-16-24-36(46)54(40,7)8/h15-28H,1-14H3. The molecule has 59 heavy (non-hydrogen) atoms. The Kier molecular flexibility index (Phi) is 5.56. The molecule has 0 fully saturated rings. The Morgan fingerprint density at radius 1 is 0.254 bits per heavy atom. The summed E-state index contributed by atoms with van der Waals surface area (Å²) in [6.07, 6.45) is 0. The van der Waals surface area contributed by atoms with Gasteiger partial charge in [-0.2, -0.15) is 0 Å². The van der Waals surface area contributed by atoms with E-state index in [4.69, 9.17) is 0 Å². The van der Waals surface area contributed by atoms with Crippen molar-refractivity contribution in [1.29, 1.82) is 0 Å². The highest BCUT2D eigenvalue weighted by Crippen LogP contribution is 2.73. The zero-order chi connectivity index (χ0) is 41.3. The Morgan fingerprint density at radius 2 is 0.492 bits per heavy atom. The van der Waals surface area contributed by atoms with Gasteiger partial charge in [-0.05, 0) is 101 Å². The van der Waals surface area contributed by atoms with Crippen molar-refractivity contribution in [3.63, 3.8) is 0 Å². The molecule has 0 spiro atoms. The first-order chi connectivity index (χ1) is 27.6. The molecule has 0 saturated heterocycles. The lowest BCUT2D eigenvalue weighted by atomic mass is 9.58. The molecule has 6 aliphatic heterocycles. The van der Waals surface area contributed by atoms with Gasteiger partial charge < -0.3 is 9.80 Å². The van der Waals surface area contributed by atoms with Gasteiger partial charge in [-0.15, -0.1) is 0 Å². The molecular weight excluding hydrogens is 713 g/mol. The number of benzene rings is 6. The molecule has 2 nitrogen and oxygen atoms in total. The lowest BCUT2D eigenvalue weighted by Gasteiger charge is -2.56. The van der Waals surface area contributed by atoms with Gasteiger partial charge in [0.05, 0.1) is 34.1 Å². The summed E-state index contributed by atoms with van der Waals surface area (Å²) >= 11 is 0. The van der Waals surface area contributed by atoms with Gasteiger partial charge >= 0.3 is 0 Å². The fraction of sp³-hybridized carbons (Fsp3) is 0.368. The summed E-state index contributed by atoms with van der Waals surface area (Å²) in [6, 6.07) is 34.1. The van der Waals surface area contributed by atoms with Crippen molar-refractivity contribution in [3.8, 4) is 11.1 Å². The summed E-state index contributed by atoms with van der Waals surface area (Å²) in [5.41, 5.74) is 30.6. The molecule has 6 aromatic rings. The van der Waals surface area contributed by atoms with Crippen LogP contribution in [0.3, 0.4) is 0 Å². The predicted molar refractivity (Wildman–Crippen MR) is 246 cm³/mol. The van der Waals surface area contributed by atoms with Crippen LogP contribution in [0.1, 0.15) is 175 Å². The van der Waals surface area contributed by atoms with Crippen LogP contribution in [-0.2, 0) is 37.9 Å². The highest BCUT2D eigenvalue weighted by Gasteiger charge is 2.59. The van der Waals surface area contributed by atoms with E-state index < -0.39 is 0 Å². The molecule has 0 unspecified atom stereocenters. The lowest BCUT2D eigenvalue weighted by Crippen LogP contribution is -2.45. The van der Waals surface area contributed by atoms with Crippen LogP contribution in [0.5, 0.6) is 0 Å². The first-order valence-electron chi connectivity index (χ1n) is 22.2. The quantitative estimate of drug-likeness (QED) is 0.152. The molecule has 0 bridgehead atoms. The van der Waals surface area contributed by atoms with Crippen molar-refractivity contribution >= 4 is 34.1 Å². The van der Waals surface area contributed by atoms with E-state index in [1.165, 1.54) is 123 Å². The third kappa shape index (κ3) is 3.33. The second kappa shape index (κ2) is 9.44. The summed E-state index contributed by atoms with van der Waals surface area (Å²) in [4.78, 5) is 5.52. The van der Waals surface area contributed by atoms with Crippen LogP contribution in [0.25, 0.3) is 11.1 Å². The minimum atomic E-state index is -0.268. The van der Waals surface area contributed by atoms with E-state index in [1.54, 1.807) is 0 Å². The second-order valence-electron chi connectivity index (χ2n) is 23.0. The Hall–Kier alpha value is -5.08. The summed E-state index contributed by atoms with van der Waals surface area (Å²) in [5.74, 6) is 0. The number of anilines is 6. The average Bonchev–Trinajstić information content (AvgIpc) is 3.40. The van der Waals surface area contributed by atoms with Gasteiger partial charge in [0.25, 0.3) is 0 Å². The minimum Gasteiger partial charge on any atom is -0.309 e. The van der Waals surface area contributed by atoms with E-state index in [0.717, 1.165) is 0 Å². The first kappa shape index (κ1) is 34.8. The zero-order valence-electron chi connectivity index (χ0n) is 37.5. The van der Waals surface area contributed by atoms with E-state index >= 15 is 0 Å². The van der Waals surface area contributed by atoms with Crippen molar-refractivity contribution in [1.82, 2.24) is 0 Å². The van der Waals surface area contributed by atoms with Gasteiger partial charge in [-0.1, -0.05) is 170 Å².